The van der Waals surface area contributed by atoms with Gasteiger partial charge in [0.15, 0.2) is 0 Å². The van der Waals surface area contributed by atoms with Crippen LogP contribution in [0.4, 0.5) is 11.9 Å². The fourth-order valence-electron chi connectivity index (χ4n) is 1.90. The standard InChI is InChI=1S/C14H28N6O/c1-6-15-12-16-13(18-14(17-12)21-8-3)20(7-2)11-9-10-19(4)5/h6-11H2,1-5H3,(H,15,16,17,18). The van der Waals surface area contributed by atoms with Crippen LogP contribution in [0.1, 0.15) is 27.2 Å². The molecule has 0 aliphatic heterocycles. The van der Waals surface area contributed by atoms with E-state index in [1.54, 1.807) is 0 Å². The van der Waals surface area contributed by atoms with Gasteiger partial charge in [0.25, 0.3) is 0 Å². The van der Waals surface area contributed by atoms with Crippen molar-refractivity contribution in [3.05, 3.63) is 0 Å². The molecule has 0 bridgehead atoms. The molecule has 0 aliphatic carbocycles. The lowest BCUT2D eigenvalue weighted by Crippen LogP contribution is -2.29. The number of rotatable bonds is 10. The van der Waals surface area contributed by atoms with Crippen molar-refractivity contribution in [1.29, 1.82) is 0 Å². The molecule has 0 unspecified atom stereocenters. The second-order valence-electron chi connectivity index (χ2n) is 4.94. The second-order valence-corrected chi connectivity index (χ2v) is 4.94. The summed E-state index contributed by atoms with van der Waals surface area (Å²) < 4.78 is 5.43. The number of nitrogens with zero attached hydrogens (tertiary/aromatic N) is 5. The van der Waals surface area contributed by atoms with Gasteiger partial charge in [-0.2, -0.15) is 15.0 Å². The highest BCUT2D eigenvalue weighted by molar-refractivity contribution is 5.38. The summed E-state index contributed by atoms with van der Waals surface area (Å²) in [6.07, 6.45) is 1.06. The summed E-state index contributed by atoms with van der Waals surface area (Å²) in [5.41, 5.74) is 0. The lowest BCUT2D eigenvalue weighted by Gasteiger charge is -2.22. The van der Waals surface area contributed by atoms with Crippen LogP contribution < -0.4 is 15.0 Å². The van der Waals surface area contributed by atoms with Crippen molar-refractivity contribution < 1.29 is 4.74 Å². The molecule has 0 spiro atoms. The zero-order chi connectivity index (χ0) is 15.7. The van der Waals surface area contributed by atoms with Crippen LogP contribution in [0.5, 0.6) is 6.01 Å². The predicted octanol–water partition coefficient (Wildman–Crippen LogP) is 1.48. The van der Waals surface area contributed by atoms with Crippen molar-refractivity contribution in [2.45, 2.75) is 27.2 Å². The quantitative estimate of drug-likeness (QED) is 0.701. The lowest BCUT2D eigenvalue weighted by atomic mass is 10.3. The Morgan fingerprint density at radius 1 is 1.05 bits per heavy atom. The molecule has 1 aromatic rings. The molecule has 1 rings (SSSR count). The topological polar surface area (TPSA) is 66.4 Å². The van der Waals surface area contributed by atoms with Gasteiger partial charge in [-0.15, -0.1) is 0 Å². The normalized spacial score (nSPS) is 10.8. The van der Waals surface area contributed by atoms with Crippen LogP contribution in [-0.2, 0) is 0 Å². The average molecular weight is 296 g/mol. The number of anilines is 2. The highest BCUT2D eigenvalue weighted by atomic mass is 16.5. The van der Waals surface area contributed by atoms with Crippen LogP contribution in [0.15, 0.2) is 0 Å². The number of ether oxygens (including phenoxy) is 1. The molecule has 21 heavy (non-hydrogen) atoms. The molecule has 1 aromatic heterocycles. The van der Waals surface area contributed by atoms with E-state index < -0.39 is 0 Å². The molecule has 1 N–H and O–H groups in total. The minimum Gasteiger partial charge on any atom is -0.464 e. The van der Waals surface area contributed by atoms with Crippen molar-refractivity contribution in [2.24, 2.45) is 0 Å². The van der Waals surface area contributed by atoms with E-state index in [-0.39, 0.29) is 0 Å². The Balaban J connectivity index is 2.84. The Morgan fingerprint density at radius 2 is 1.81 bits per heavy atom. The summed E-state index contributed by atoms with van der Waals surface area (Å²) in [6.45, 7) is 10.2. The van der Waals surface area contributed by atoms with Gasteiger partial charge in [0.1, 0.15) is 0 Å². The molecule has 1 heterocycles. The van der Waals surface area contributed by atoms with Gasteiger partial charge in [0, 0.05) is 19.6 Å². The monoisotopic (exact) mass is 296 g/mol. The molecule has 0 amide bonds. The van der Waals surface area contributed by atoms with Gasteiger partial charge in [-0.05, 0) is 47.8 Å². The van der Waals surface area contributed by atoms with Gasteiger partial charge >= 0.3 is 6.01 Å². The third-order valence-electron chi connectivity index (χ3n) is 2.91. The molecular formula is C14H28N6O. The molecule has 0 saturated heterocycles. The molecular weight excluding hydrogens is 268 g/mol. The Bertz CT molecular complexity index is 388. The maximum absolute atomic E-state index is 5.43. The second kappa shape index (κ2) is 9.33. The van der Waals surface area contributed by atoms with Gasteiger partial charge in [-0.25, -0.2) is 0 Å². The van der Waals surface area contributed by atoms with Crippen LogP contribution in [0, 0.1) is 0 Å². The first kappa shape index (κ1) is 17.4. The highest BCUT2D eigenvalue weighted by Gasteiger charge is 2.12. The first-order valence-corrected chi connectivity index (χ1v) is 7.63. The fraction of sp³-hybridized carbons (Fsp3) is 0.786. The summed E-state index contributed by atoms with van der Waals surface area (Å²) in [5.74, 6) is 1.24. The van der Waals surface area contributed by atoms with E-state index in [4.69, 9.17) is 4.74 Å². The first-order valence-electron chi connectivity index (χ1n) is 7.63. The lowest BCUT2D eigenvalue weighted by molar-refractivity contribution is 0.312. The number of hydrogen-bond acceptors (Lipinski definition) is 7. The average Bonchev–Trinajstić information content (AvgIpc) is 2.44. The Kier molecular flexibility index (Phi) is 7.74. The zero-order valence-electron chi connectivity index (χ0n) is 13.9. The Labute approximate surface area is 127 Å². The zero-order valence-corrected chi connectivity index (χ0v) is 13.9. The van der Waals surface area contributed by atoms with E-state index in [9.17, 15) is 0 Å². The van der Waals surface area contributed by atoms with E-state index in [0.717, 1.165) is 32.6 Å². The predicted molar refractivity (Wildman–Crippen MR) is 86.2 cm³/mol. The number of aromatic nitrogens is 3. The van der Waals surface area contributed by atoms with Crippen molar-refractivity contribution in [3.8, 4) is 6.01 Å². The summed E-state index contributed by atoms with van der Waals surface area (Å²) in [4.78, 5) is 17.4. The molecule has 0 fully saturated rings. The maximum atomic E-state index is 5.43. The molecule has 0 atom stereocenters. The number of hydrogen-bond donors (Lipinski definition) is 1. The minimum atomic E-state index is 0.379. The molecule has 0 aliphatic rings. The van der Waals surface area contributed by atoms with Crippen molar-refractivity contribution in [1.82, 2.24) is 19.9 Å². The van der Waals surface area contributed by atoms with Gasteiger partial charge in [0.05, 0.1) is 6.61 Å². The van der Waals surface area contributed by atoms with Crippen molar-refractivity contribution in [2.75, 3.05) is 57.1 Å². The fourth-order valence-corrected chi connectivity index (χ4v) is 1.90. The molecule has 7 heteroatoms. The van der Waals surface area contributed by atoms with E-state index in [1.165, 1.54) is 0 Å². The van der Waals surface area contributed by atoms with E-state index in [2.05, 4.69) is 51.1 Å². The molecule has 7 nitrogen and oxygen atoms in total. The largest absolute Gasteiger partial charge is 0.464 e. The van der Waals surface area contributed by atoms with Crippen LogP contribution in [-0.4, -0.2) is 66.7 Å². The maximum Gasteiger partial charge on any atom is 0.323 e. The number of nitrogens with one attached hydrogen (secondary N) is 1. The third kappa shape index (κ3) is 6.12. The van der Waals surface area contributed by atoms with Crippen LogP contribution in [0.2, 0.25) is 0 Å². The van der Waals surface area contributed by atoms with Crippen LogP contribution in [0.25, 0.3) is 0 Å². The van der Waals surface area contributed by atoms with E-state index >= 15 is 0 Å². The van der Waals surface area contributed by atoms with Crippen LogP contribution in [0.3, 0.4) is 0 Å². The Morgan fingerprint density at radius 3 is 2.38 bits per heavy atom. The van der Waals surface area contributed by atoms with Crippen molar-refractivity contribution >= 4 is 11.9 Å². The van der Waals surface area contributed by atoms with Crippen molar-refractivity contribution in [3.63, 3.8) is 0 Å². The van der Waals surface area contributed by atoms with Gasteiger partial charge in [-0.1, -0.05) is 0 Å². The molecule has 0 saturated carbocycles. The summed E-state index contributed by atoms with van der Waals surface area (Å²) in [7, 11) is 4.16. The molecule has 0 aromatic carbocycles. The van der Waals surface area contributed by atoms with E-state index in [1.807, 2.05) is 13.8 Å². The smallest absolute Gasteiger partial charge is 0.323 e. The molecule has 0 radical (unpaired) electrons. The SMILES string of the molecule is CCNc1nc(OCC)nc(N(CC)CCCN(C)C)n1. The first-order chi connectivity index (χ1) is 10.1. The van der Waals surface area contributed by atoms with Crippen LogP contribution >= 0.6 is 0 Å². The summed E-state index contributed by atoms with van der Waals surface area (Å²) >= 11 is 0. The molecule has 120 valence electrons. The highest BCUT2D eigenvalue weighted by Crippen LogP contribution is 2.15. The summed E-state index contributed by atoms with van der Waals surface area (Å²) in [6, 6.07) is 0.379. The van der Waals surface area contributed by atoms with Gasteiger partial charge in [0.2, 0.25) is 11.9 Å². The Hall–Kier alpha value is -1.63. The minimum absolute atomic E-state index is 0.379. The van der Waals surface area contributed by atoms with Gasteiger partial charge in [-0.3, -0.25) is 0 Å². The van der Waals surface area contributed by atoms with E-state index in [0.29, 0.717) is 24.5 Å². The van der Waals surface area contributed by atoms with Gasteiger partial charge < -0.3 is 19.9 Å². The summed E-state index contributed by atoms with van der Waals surface area (Å²) in [5, 5.41) is 3.12. The third-order valence-corrected chi connectivity index (χ3v) is 2.91.